The van der Waals surface area contributed by atoms with Gasteiger partial charge < -0.3 is 15.1 Å². The van der Waals surface area contributed by atoms with E-state index in [1.165, 1.54) is 37.8 Å². The van der Waals surface area contributed by atoms with E-state index in [4.69, 9.17) is 0 Å². The number of pyridine rings is 1. The minimum Gasteiger partial charge on any atom is -0.372 e. The van der Waals surface area contributed by atoms with Crippen LogP contribution in [0.4, 0.5) is 17.2 Å². The molecular formula is C21H26N4O. The molecule has 2 aromatic rings. The summed E-state index contributed by atoms with van der Waals surface area (Å²) in [6.07, 6.45) is 7.97. The summed E-state index contributed by atoms with van der Waals surface area (Å²) in [6.45, 7) is 4.37. The number of benzene rings is 1. The second kappa shape index (κ2) is 7.77. The highest BCUT2D eigenvalue weighted by Crippen LogP contribution is 2.22. The summed E-state index contributed by atoms with van der Waals surface area (Å²) in [4.78, 5) is 21.6. The van der Waals surface area contributed by atoms with Crippen molar-refractivity contribution in [3.8, 4) is 0 Å². The van der Waals surface area contributed by atoms with Crippen LogP contribution in [-0.2, 0) is 0 Å². The van der Waals surface area contributed by atoms with Crippen LogP contribution in [0, 0.1) is 0 Å². The molecule has 5 heteroatoms. The summed E-state index contributed by atoms with van der Waals surface area (Å²) in [7, 11) is 0. The van der Waals surface area contributed by atoms with E-state index in [1.807, 2.05) is 24.3 Å². The van der Waals surface area contributed by atoms with Gasteiger partial charge in [0, 0.05) is 43.8 Å². The summed E-state index contributed by atoms with van der Waals surface area (Å²) in [5.74, 6) is 0.848. The first-order valence-electron chi connectivity index (χ1n) is 9.67. The Balaban J connectivity index is 1.37. The number of hydrogen-bond donors (Lipinski definition) is 1. The highest BCUT2D eigenvalue weighted by atomic mass is 16.1. The minimum atomic E-state index is -0.115. The van der Waals surface area contributed by atoms with Crippen LogP contribution in [0.15, 0.2) is 42.6 Å². The van der Waals surface area contributed by atoms with Crippen molar-refractivity contribution in [2.24, 2.45) is 0 Å². The average Bonchev–Trinajstić information content (AvgIpc) is 3.24. The van der Waals surface area contributed by atoms with Crippen molar-refractivity contribution in [2.45, 2.75) is 32.1 Å². The number of carbonyl (C=O) groups is 1. The van der Waals surface area contributed by atoms with Crippen LogP contribution in [-0.4, -0.2) is 37.1 Å². The van der Waals surface area contributed by atoms with Crippen molar-refractivity contribution in [2.75, 3.05) is 41.3 Å². The van der Waals surface area contributed by atoms with Gasteiger partial charge >= 0.3 is 0 Å². The monoisotopic (exact) mass is 350 g/mol. The molecule has 2 aliphatic rings. The molecule has 0 unspecified atom stereocenters. The zero-order chi connectivity index (χ0) is 17.8. The van der Waals surface area contributed by atoms with E-state index in [9.17, 15) is 4.79 Å². The van der Waals surface area contributed by atoms with E-state index in [0.29, 0.717) is 5.56 Å². The van der Waals surface area contributed by atoms with Crippen molar-refractivity contribution in [1.82, 2.24) is 4.98 Å². The van der Waals surface area contributed by atoms with Crippen LogP contribution in [0.5, 0.6) is 0 Å². The number of carbonyl (C=O) groups excluding carboxylic acids is 1. The number of nitrogens with one attached hydrogen (secondary N) is 1. The van der Waals surface area contributed by atoms with Gasteiger partial charge in [0.2, 0.25) is 0 Å². The molecule has 2 saturated heterocycles. The van der Waals surface area contributed by atoms with E-state index in [-0.39, 0.29) is 5.91 Å². The second-order valence-corrected chi connectivity index (χ2v) is 7.15. The van der Waals surface area contributed by atoms with Gasteiger partial charge in [0.05, 0.1) is 5.56 Å². The zero-order valence-electron chi connectivity index (χ0n) is 15.2. The Bertz CT molecular complexity index is 730. The van der Waals surface area contributed by atoms with Crippen LogP contribution >= 0.6 is 0 Å². The molecule has 0 atom stereocenters. The van der Waals surface area contributed by atoms with Gasteiger partial charge in [0.25, 0.3) is 5.91 Å². The molecule has 1 aromatic carbocycles. The summed E-state index contributed by atoms with van der Waals surface area (Å²) in [6, 6.07) is 11.9. The topological polar surface area (TPSA) is 48.5 Å². The Labute approximate surface area is 155 Å². The smallest absolute Gasteiger partial charge is 0.257 e. The number of aromatic nitrogens is 1. The molecule has 1 amide bonds. The number of nitrogens with zero attached hydrogens (tertiary/aromatic N) is 3. The lowest BCUT2D eigenvalue weighted by Crippen LogP contribution is -2.29. The highest BCUT2D eigenvalue weighted by Gasteiger charge is 2.15. The average molecular weight is 350 g/mol. The summed E-state index contributed by atoms with van der Waals surface area (Å²) in [5, 5.41) is 2.97. The SMILES string of the molecule is O=C(Nc1ccc(N2CCCCC2)cc1)c1ccc(N2CCCC2)nc1. The Kier molecular flexibility index (Phi) is 5.04. The highest BCUT2D eigenvalue weighted by molar-refractivity contribution is 6.04. The molecule has 26 heavy (non-hydrogen) atoms. The number of amides is 1. The Morgan fingerprint density at radius 3 is 2.12 bits per heavy atom. The lowest BCUT2D eigenvalue weighted by molar-refractivity contribution is 0.102. The number of anilines is 3. The first-order chi connectivity index (χ1) is 12.8. The molecule has 2 fully saturated rings. The lowest BCUT2D eigenvalue weighted by atomic mass is 10.1. The van der Waals surface area contributed by atoms with Crippen LogP contribution in [0.1, 0.15) is 42.5 Å². The molecule has 1 N–H and O–H groups in total. The molecule has 0 radical (unpaired) electrons. The Morgan fingerprint density at radius 1 is 0.808 bits per heavy atom. The normalized spacial score (nSPS) is 17.4. The van der Waals surface area contributed by atoms with Gasteiger partial charge in [-0.25, -0.2) is 4.98 Å². The fourth-order valence-corrected chi connectivity index (χ4v) is 3.76. The van der Waals surface area contributed by atoms with Crippen LogP contribution < -0.4 is 15.1 Å². The molecule has 2 aliphatic heterocycles. The summed E-state index contributed by atoms with van der Waals surface area (Å²) >= 11 is 0. The molecule has 0 spiro atoms. The van der Waals surface area contributed by atoms with Gasteiger partial charge in [-0.15, -0.1) is 0 Å². The standard InChI is InChI=1S/C21H26N4O/c26-21(17-6-11-20(22-16-17)25-14-4-5-15-25)23-18-7-9-19(10-8-18)24-12-2-1-3-13-24/h6-11,16H,1-5,12-15H2,(H,23,26). The Hall–Kier alpha value is -2.56. The molecule has 0 bridgehead atoms. The minimum absolute atomic E-state index is 0.115. The largest absolute Gasteiger partial charge is 0.372 e. The maximum Gasteiger partial charge on any atom is 0.257 e. The van der Waals surface area contributed by atoms with Gasteiger partial charge in [-0.3, -0.25) is 4.79 Å². The lowest BCUT2D eigenvalue weighted by Gasteiger charge is -2.28. The van der Waals surface area contributed by atoms with Gasteiger partial charge in [0.15, 0.2) is 0 Å². The second-order valence-electron chi connectivity index (χ2n) is 7.15. The third-order valence-electron chi connectivity index (χ3n) is 5.29. The van der Waals surface area contributed by atoms with Gasteiger partial charge in [-0.2, -0.15) is 0 Å². The first-order valence-corrected chi connectivity index (χ1v) is 9.67. The quantitative estimate of drug-likeness (QED) is 0.908. The van der Waals surface area contributed by atoms with Crippen molar-refractivity contribution in [1.29, 1.82) is 0 Å². The summed E-state index contributed by atoms with van der Waals surface area (Å²) in [5.41, 5.74) is 2.65. The van der Waals surface area contributed by atoms with Crippen molar-refractivity contribution in [3.05, 3.63) is 48.2 Å². The van der Waals surface area contributed by atoms with E-state index >= 15 is 0 Å². The molecule has 3 heterocycles. The number of piperidine rings is 1. The molecule has 0 aliphatic carbocycles. The predicted octanol–water partition coefficient (Wildman–Crippen LogP) is 3.92. The zero-order valence-corrected chi connectivity index (χ0v) is 15.2. The van der Waals surface area contributed by atoms with E-state index in [2.05, 4.69) is 32.2 Å². The van der Waals surface area contributed by atoms with Crippen molar-refractivity contribution in [3.63, 3.8) is 0 Å². The van der Waals surface area contributed by atoms with E-state index < -0.39 is 0 Å². The fourth-order valence-electron chi connectivity index (χ4n) is 3.76. The van der Waals surface area contributed by atoms with Gasteiger partial charge in [-0.1, -0.05) is 0 Å². The third-order valence-corrected chi connectivity index (χ3v) is 5.29. The maximum atomic E-state index is 12.5. The van der Waals surface area contributed by atoms with E-state index in [0.717, 1.165) is 37.7 Å². The van der Waals surface area contributed by atoms with Crippen LogP contribution in [0.25, 0.3) is 0 Å². The molecule has 1 aromatic heterocycles. The molecule has 136 valence electrons. The third kappa shape index (κ3) is 3.82. The Morgan fingerprint density at radius 2 is 1.46 bits per heavy atom. The fraction of sp³-hybridized carbons (Fsp3) is 0.429. The van der Waals surface area contributed by atoms with Gasteiger partial charge in [-0.05, 0) is 68.5 Å². The van der Waals surface area contributed by atoms with E-state index in [1.54, 1.807) is 6.20 Å². The molecular weight excluding hydrogens is 324 g/mol. The number of rotatable bonds is 4. The molecule has 4 rings (SSSR count). The summed E-state index contributed by atoms with van der Waals surface area (Å²) < 4.78 is 0. The predicted molar refractivity (Wildman–Crippen MR) is 106 cm³/mol. The molecule has 5 nitrogen and oxygen atoms in total. The van der Waals surface area contributed by atoms with Crippen molar-refractivity contribution < 1.29 is 4.79 Å². The van der Waals surface area contributed by atoms with Crippen LogP contribution in [0.2, 0.25) is 0 Å². The number of hydrogen-bond acceptors (Lipinski definition) is 4. The van der Waals surface area contributed by atoms with Gasteiger partial charge in [0.1, 0.15) is 5.82 Å². The van der Waals surface area contributed by atoms with Crippen LogP contribution in [0.3, 0.4) is 0 Å². The molecule has 0 saturated carbocycles. The van der Waals surface area contributed by atoms with Crippen molar-refractivity contribution >= 4 is 23.1 Å². The maximum absolute atomic E-state index is 12.5. The first kappa shape index (κ1) is 16.9.